The van der Waals surface area contributed by atoms with Gasteiger partial charge < -0.3 is 4.57 Å². The van der Waals surface area contributed by atoms with E-state index in [0.29, 0.717) is 0 Å². The number of pyridine rings is 1. The molecule has 5 rings (SSSR count). The fourth-order valence-corrected chi connectivity index (χ4v) is 3.85. The minimum atomic E-state index is -2.26. The highest BCUT2D eigenvalue weighted by atomic mass is 19.2. The summed E-state index contributed by atoms with van der Waals surface area (Å²) in [6, 6.07) is 9.05. The van der Waals surface area contributed by atoms with Gasteiger partial charge in [0.15, 0.2) is 23.3 Å². The Labute approximate surface area is 164 Å². The Morgan fingerprint density at radius 1 is 0.767 bits per heavy atom. The lowest BCUT2D eigenvalue weighted by Crippen LogP contribution is -2.21. The van der Waals surface area contributed by atoms with E-state index < -0.39 is 52.5 Å². The van der Waals surface area contributed by atoms with Gasteiger partial charge in [0.25, 0.3) is 5.91 Å². The highest BCUT2D eigenvalue weighted by Crippen LogP contribution is 2.34. The van der Waals surface area contributed by atoms with Crippen molar-refractivity contribution in [3.63, 3.8) is 0 Å². The Kier molecular flexibility index (Phi) is 3.73. The van der Waals surface area contributed by atoms with Crippen LogP contribution in [-0.2, 0) is 6.54 Å². The molecule has 2 aromatic heterocycles. The summed E-state index contributed by atoms with van der Waals surface area (Å²) in [6.45, 7) is -0.784. The van der Waals surface area contributed by atoms with Crippen LogP contribution in [0.5, 0.6) is 0 Å². The molecule has 1 aliphatic heterocycles. The van der Waals surface area contributed by atoms with E-state index in [9.17, 15) is 31.5 Å². The third kappa shape index (κ3) is 2.20. The summed E-state index contributed by atoms with van der Waals surface area (Å²) in [7, 11) is 0. The summed E-state index contributed by atoms with van der Waals surface area (Å²) < 4.78 is 72.1. The average Bonchev–Trinajstić information content (AvgIpc) is 3.33. The number of fused-ring (bicyclic) bond motifs is 4. The first-order valence-electron chi connectivity index (χ1n) is 8.71. The molecular formula is C21H9F5N2O2. The average molecular weight is 416 g/mol. The lowest BCUT2D eigenvalue weighted by atomic mass is 10.1. The van der Waals surface area contributed by atoms with Crippen LogP contribution in [0.1, 0.15) is 15.9 Å². The highest BCUT2D eigenvalue weighted by Gasteiger charge is 2.34. The minimum absolute atomic E-state index is 0.0534. The Morgan fingerprint density at radius 2 is 1.40 bits per heavy atom. The molecule has 0 radical (unpaired) electrons. The SMILES string of the molecule is O=C1c2c(n(Cc3c(F)c(F)c(F)c(F)c3F)c3ccccc3c2=O)-c2cccn21. The Morgan fingerprint density at radius 3 is 2.10 bits per heavy atom. The largest absolute Gasteiger partial charge is 0.334 e. The van der Waals surface area contributed by atoms with E-state index in [1.165, 1.54) is 33.5 Å². The molecule has 0 saturated heterocycles. The Hall–Kier alpha value is -3.75. The van der Waals surface area contributed by atoms with Crippen molar-refractivity contribution in [2.45, 2.75) is 6.54 Å². The maximum absolute atomic E-state index is 14.4. The van der Waals surface area contributed by atoms with E-state index >= 15 is 0 Å². The number of benzene rings is 2. The maximum atomic E-state index is 14.4. The first-order valence-corrected chi connectivity index (χ1v) is 8.71. The summed E-state index contributed by atoms with van der Waals surface area (Å²) >= 11 is 0. The summed E-state index contributed by atoms with van der Waals surface area (Å²) in [5, 5.41) is 0.0826. The molecule has 0 fully saturated rings. The number of carbonyl (C=O) groups excluding carboxylic acids is 1. The minimum Gasteiger partial charge on any atom is -0.334 e. The van der Waals surface area contributed by atoms with Gasteiger partial charge in [0, 0.05) is 17.1 Å². The zero-order valence-corrected chi connectivity index (χ0v) is 14.8. The van der Waals surface area contributed by atoms with E-state index in [4.69, 9.17) is 0 Å². The van der Waals surface area contributed by atoms with Gasteiger partial charge in [-0.05, 0) is 24.3 Å². The van der Waals surface area contributed by atoms with Crippen LogP contribution in [0.25, 0.3) is 22.3 Å². The summed E-state index contributed by atoms with van der Waals surface area (Å²) in [6.07, 6.45) is 1.42. The van der Waals surface area contributed by atoms with Crippen LogP contribution < -0.4 is 5.43 Å². The second-order valence-electron chi connectivity index (χ2n) is 6.77. The number of para-hydroxylation sites is 1. The van der Waals surface area contributed by atoms with Gasteiger partial charge in [-0.2, -0.15) is 0 Å². The second-order valence-corrected chi connectivity index (χ2v) is 6.77. The van der Waals surface area contributed by atoms with Crippen LogP contribution in [0.4, 0.5) is 22.0 Å². The standard InChI is InChI=1S/C21H9F5N2O2/c22-14-10(15(23)17(25)18(26)16(14)24)8-28-11-5-2-1-4-9(11)20(29)13-19(28)12-6-3-7-27(12)21(13)30/h1-7H,8H2. The zero-order valence-electron chi connectivity index (χ0n) is 14.8. The lowest BCUT2D eigenvalue weighted by Gasteiger charge is -2.17. The van der Waals surface area contributed by atoms with Crippen molar-refractivity contribution in [1.82, 2.24) is 9.13 Å². The van der Waals surface area contributed by atoms with Gasteiger partial charge in [0.2, 0.25) is 11.2 Å². The number of carbonyl (C=O) groups is 1. The molecule has 0 amide bonds. The third-order valence-electron chi connectivity index (χ3n) is 5.21. The fourth-order valence-electron chi connectivity index (χ4n) is 3.85. The number of hydrogen-bond donors (Lipinski definition) is 0. The quantitative estimate of drug-likeness (QED) is 0.246. The molecule has 9 heteroatoms. The number of aromatic nitrogens is 2. The fraction of sp³-hybridized carbons (Fsp3) is 0.0476. The van der Waals surface area contributed by atoms with Gasteiger partial charge >= 0.3 is 0 Å². The second kappa shape index (κ2) is 6.12. The number of nitrogens with zero attached hydrogens (tertiary/aromatic N) is 2. The van der Waals surface area contributed by atoms with Crippen LogP contribution >= 0.6 is 0 Å². The van der Waals surface area contributed by atoms with Crippen LogP contribution in [0.3, 0.4) is 0 Å². The lowest BCUT2D eigenvalue weighted by molar-refractivity contribution is 0.0968. The Balaban J connectivity index is 1.89. The van der Waals surface area contributed by atoms with E-state index in [1.54, 1.807) is 18.2 Å². The number of rotatable bonds is 2. The smallest absolute Gasteiger partial charge is 0.268 e. The molecule has 0 spiro atoms. The van der Waals surface area contributed by atoms with Gasteiger partial charge in [-0.3, -0.25) is 14.2 Å². The van der Waals surface area contributed by atoms with E-state index in [1.807, 2.05) is 0 Å². The van der Waals surface area contributed by atoms with Crippen molar-refractivity contribution in [3.8, 4) is 11.4 Å². The molecule has 150 valence electrons. The summed E-state index contributed by atoms with van der Waals surface area (Å²) in [5.74, 6) is -11.0. The normalized spacial score (nSPS) is 12.5. The van der Waals surface area contributed by atoms with Gasteiger partial charge in [0.1, 0.15) is 5.56 Å². The molecule has 0 N–H and O–H groups in total. The van der Waals surface area contributed by atoms with Crippen molar-refractivity contribution < 1.29 is 26.7 Å². The summed E-state index contributed by atoms with van der Waals surface area (Å²) in [4.78, 5) is 25.7. The van der Waals surface area contributed by atoms with Crippen LogP contribution in [0, 0.1) is 29.1 Å². The summed E-state index contributed by atoms with van der Waals surface area (Å²) in [5.41, 5.74) is -1.36. The first-order chi connectivity index (χ1) is 14.3. The van der Waals surface area contributed by atoms with E-state index in [0.717, 1.165) is 0 Å². The van der Waals surface area contributed by atoms with Crippen molar-refractivity contribution in [1.29, 1.82) is 0 Å². The maximum Gasteiger partial charge on any atom is 0.268 e. The number of halogens is 5. The predicted molar refractivity (Wildman–Crippen MR) is 96.7 cm³/mol. The molecule has 0 atom stereocenters. The first kappa shape index (κ1) is 18.3. The third-order valence-corrected chi connectivity index (χ3v) is 5.21. The molecule has 30 heavy (non-hydrogen) atoms. The van der Waals surface area contributed by atoms with Gasteiger partial charge in [-0.1, -0.05) is 12.1 Å². The predicted octanol–water partition coefficient (Wildman–Crippen LogP) is 4.22. The molecule has 0 unspecified atom stereocenters. The van der Waals surface area contributed by atoms with Crippen LogP contribution in [-0.4, -0.2) is 15.0 Å². The highest BCUT2D eigenvalue weighted by molar-refractivity contribution is 6.10. The van der Waals surface area contributed by atoms with Crippen molar-refractivity contribution in [2.75, 3.05) is 0 Å². The van der Waals surface area contributed by atoms with Gasteiger partial charge in [-0.15, -0.1) is 0 Å². The van der Waals surface area contributed by atoms with Crippen LogP contribution in [0.2, 0.25) is 0 Å². The monoisotopic (exact) mass is 416 g/mol. The van der Waals surface area contributed by atoms with Gasteiger partial charge in [-0.25, -0.2) is 22.0 Å². The van der Waals surface area contributed by atoms with E-state index in [2.05, 4.69) is 0 Å². The molecule has 0 aliphatic carbocycles. The molecule has 4 nitrogen and oxygen atoms in total. The van der Waals surface area contributed by atoms with Crippen molar-refractivity contribution in [3.05, 3.63) is 93.0 Å². The topological polar surface area (TPSA) is 44.0 Å². The molecule has 1 aliphatic rings. The molecule has 0 bridgehead atoms. The van der Waals surface area contributed by atoms with Gasteiger partial charge in [0.05, 0.1) is 23.4 Å². The zero-order chi connectivity index (χ0) is 21.3. The molecule has 4 aromatic rings. The van der Waals surface area contributed by atoms with Crippen molar-refractivity contribution in [2.24, 2.45) is 0 Å². The molecule has 3 heterocycles. The Bertz CT molecular complexity index is 1440. The van der Waals surface area contributed by atoms with E-state index in [-0.39, 0.29) is 27.9 Å². The van der Waals surface area contributed by atoms with Crippen molar-refractivity contribution >= 4 is 16.8 Å². The van der Waals surface area contributed by atoms with Crippen LogP contribution in [0.15, 0.2) is 47.4 Å². The molecule has 0 saturated carbocycles. The molecule has 2 aromatic carbocycles. The number of hydrogen-bond acceptors (Lipinski definition) is 2. The molecular weight excluding hydrogens is 407 g/mol.